The highest BCUT2D eigenvalue weighted by Crippen LogP contribution is 2.68. The molecule has 1 aliphatic rings. The van der Waals surface area contributed by atoms with Crippen LogP contribution in [0.2, 0.25) is 0 Å². The topological polar surface area (TPSA) is 123 Å². The summed E-state index contributed by atoms with van der Waals surface area (Å²) in [6, 6.07) is 4.12. The third-order valence-corrected chi connectivity index (χ3v) is 5.99. The zero-order chi connectivity index (χ0) is 21.7. The molecule has 3 rings (SSSR count). The molecule has 2 aromatic rings. The summed E-state index contributed by atoms with van der Waals surface area (Å²) in [5, 5.41) is 16.0. The Morgan fingerprint density at radius 2 is 2.10 bits per heavy atom. The number of nitrogens with zero attached hydrogens (tertiary/aromatic N) is 3. The maximum absolute atomic E-state index is 12.1. The SMILES string of the molecule is CCOC(=O)Cn1nc(CC(=O)NC)nc1C1(c2cccs2)CC1(C)C.O=CO. The summed E-state index contributed by atoms with van der Waals surface area (Å²) >= 11 is 1.68. The standard InChI is InChI=1S/C18H24N4O3S.CH2O2/c1-5-25-15(24)10-22-16(20-13(21-22)9-14(23)19-4)18(11-17(18,2)3)12-7-6-8-26-12;2-1-3/h6-8H,5,9-11H2,1-4H3,(H,19,23);1H,(H,2,3). The molecule has 0 aromatic carbocycles. The van der Waals surface area contributed by atoms with Gasteiger partial charge in [-0.25, -0.2) is 9.67 Å². The highest BCUT2D eigenvalue weighted by atomic mass is 32.1. The molecule has 0 bridgehead atoms. The number of hydrogen-bond donors (Lipinski definition) is 2. The number of nitrogens with one attached hydrogen (secondary N) is 1. The minimum Gasteiger partial charge on any atom is -0.483 e. The Hall–Kier alpha value is -2.75. The van der Waals surface area contributed by atoms with Crippen LogP contribution < -0.4 is 5.32 Å². The lowest BCUT2D eigenvalue weighted by Gasteiger charge is -2.19. The molecule has 1 fully saturated rings. The van der Waals surface area contributed by atoms with Crippen LogP contribution in [-0.4, -0.2) is 51.9 Å². The number of likely N-dealkylation sites (N-methyl/N-ethyl adjacent to an activating group) is 1. The van der Waals surface area contributed by atoms with Crippen LogP contribution >= 0.6 is 11.3 Å². The van der Waals surface area contributed by atoms with Crippen molar-refractivity contribution in [3.63, 3.8) is 0 Å². The third kappa shape index (κ3) is 4.64. The monoisotopic (exact) mass is 422 g/mol. The number of esters is 1. The Labute approximate surface area is 173 Å². The fraction of sp³-hybridized carbons (Fsp3) is 0.526. The van der Waals surface area contributed by atoms with Gasteiger partial charge in [0.05, 0.1) is 18.4 Å². The van der Waals surface area contributed by atoms with E-state index >= 15 is 0 Å². The van der Waals surface area contributed by atoms with E-state index in [0.717, 1.165) is 12.2 Å². The number of carbonyl (C=O) groups excluding carboxylic acids is 2. The second-order valence-electron chi connectivity index (χ2n) is 7.21. The molecule has 0 radical (unpaired) electrons. The molecule has 0 spiro atoms. The molecule has 2 aromatic heterocycles. The number of thiophene rings is 1. The van der Waals surface area contributed by atoms with Crippen LogP contribution in [0.3, 0.4) is 0 Å². The summed E-state index contributed by atoms with van der Waals surface area (Å²) < 4.78 is 6.70. The Kier molecular flexibility index (Phi) is 7.12. The van der Waals surface area contributed by atoms with Crippen molar-refractivity contribution in [3.8, 4) is 0 Å². The Morgan fingerprint density at radius 1 is 1.45 bits per heavy atom. The molecular weight excluding hydrogens is 396 g/mol. The van der Waals surface area contributed by atoms with E-state index in [1.165, 1.54) is 4.88 Å². The number of rotatable bonds is 7. The number of carboxylic acid groups (broad SMARTS) is 1. The molecule has 29 heavy (non-hydrogen) atoms. The van der Waals surface area contributed by atoms with Gasteiger partial charge in [0.1, 0.15) is 12.4 Å². The molecular formula is C19H26N4O5S. The van der Waals surface area contributed by atoms with Crippen molar-refractivity contribution in [2.24, 2.45) is 5.41 Å². The van der Waals surface area contributed by atoms with Gasteiger partial charge in [-0.1, -0.05) is 19.9 Å². The quantitative estimate of drug-likeness (QED) is 0.513. The molecule has 158 valence electrons. The lowest BCUT2D eigenvalue weighted by molar-refractivity contribution is -0.144. The summed E-state index contributed by atoms with van der Waals surface area (Å²) in [7, 11) is 1.58. The maximum Gasteiger partial charge on any atom is 0.327 e. The molecule has 0 saturated heterocycles. The molecule has 2 heterocycles. The van der Waals surface area contributed by atoms with E-state index in [0.29, 0.717) is 12.4 Å². The normalized spacial score (nSPS) is 18.9. The molecule has 10 heteroatoms. The van der Waals surface area contributed by atoms with Crippen molar-refractivity contribution in [2.45, 2.75) is 45.6 Å². The summed E-state index contributed by atoms with van der Waals surface area (Å²) in [6.07, 6.45) is 1.00. The second kappa shape index (κ2) is 9.17. The smallest absolute Gasteiger partial charge is 0.327 e. The Balaban J connectivity index is 0.000000941. The van der Waals surface area contributed by atoms with Gasteiger partial charge in [0.25, 0.3) is 6.47 Å². The van der Waals surface area contributed by atoms with E-state index in [9.17, 15) is 9.59 Å². The van der Waals surface area contributed by atoms with Crippen LogP contribution in [0.5, 0.6) is 0 Å². The average molecular weight is 423 g/mol. The summed E-state index contributed by atoms with van der Waals surface area (Å²) in [5.41, 5.74) is -0.289. The molecule has 2 N–H and O–H groups in total. The molecule has 0 aliphatic heterocycles. The van der Waals surface area contributed by atoms with Gasteiger partial charge in [-0.15, -0.1) is 11.3 Å². The van der Waals surface area contributed by atoms with Gasteiger partial charge in [-0.2, -0.15) is 5.10 Å². The van der Waals surface area contributed by atoms with Crippen LogP contribution in [0.15, 0.2) is 17.5 Å². The first-order chi connectivity index (χ1) is 13.7. The summed E-state index contributed by atoms with van der Waals surface area (Å²) in [5.74, 6) is 0.633. The van der Waals surface area contributed by atoms with Gasteiger partial charge < -0.3 is 15.2 Å². The van der Waals surface area contributed by atoms with Crippen LogP contribution in [0.4, 0.5) is 0 Å². The number of hydrogen-bond acceptors (Lipinski definition) is 7. The lowest BCUT2D eigenvalue weighted by Crippen LogP contribution is -2.24. The van der Waals surface area contributed by atoms with Gasteiger partial charge >= 0.3 is 5.97 Å². The van der Waals surface area contributed by atoms with Gasteiger partial charge in [-0.05, 0) is 30.2 Å². The maximum atomic E-state index is 12.1. The van der Waals surface area contributed by atoms with E-state index in [2.05, 4.69) is 35.3 Å². The average Bonchev–Trinajstić information content (AvgIpc) is 3.07. The first kappa shape index (κ1) is 22.5. The molecule has 1 unspecified atom stereocenters. The van der Waals surface area contributed by atoms with E-state index in [1.807, 2.05) is 11.4 Å². The number of carbonyl (C=O) groups is 3. The molecule has 1 aliphatic carbocycles. The van der Waals surface area contributed by atoms with Gasteiger partial charge in [0, 0.05) is 11.9 Å². The van der Waals surface area contributed by atoms with E-state index in [1.54, 1.807) is 30.0 Å². The van der Waals surface area contributed by atoms with E-state index < -0.39 is 0 Å². The van der Waals surface area contributed by atoms with Crippen LogP contribution in [0, 0.1) is 5.41 Å². The highest BCUT2D eigenvalue weighted by Gasteiger charge is 2.66. The van der Waals surface area contributed by atoms with Crippen molar-refractivity contribution in [1.29, 1.82) is 0 Å². The van der Waals surface area contributed by atoms with Gasteiger partial charge in [0.2, 0.25) is 5.91 Å². The summed E-state index contributed by atoms with van der Waals surface area (Å²) in [6.45, 7) is 6.21. The second-order valence-corrected chi connectivity index (χ2v) is 8.16. The Morgan fingerprint density at radius 3 is 2.59 bits per heavy atom. The van der Waals surface area contributed by atoms with Crippen molar-refractivity contribution >= 4 is 29.7 Å². The van der Waals surface area contributed by atoms with Crippen molar-refractivity contribution < 1.29 is 24.2 Å². The number of aromatic nitrogens is 3. The van der Waals surface area contributed by atoms with E-state index in [-0.39, 0.29) is 42.1 Å². The third-order valence-electron chi connectivity index (χ3n) is 4.96. The number of ether oxygens (including phenoxy) is 1. The largest absolute Gasteiger partial charge is 0.483 e. The zero-order valence-corrected chi connectivity index (χ0v) is 17.8. The van der Waals surface area contributed by atoms with Crippen LogP contribution in [-0.2, 0) is 37.5 Å². The van der Waals surface area contributed by atoms with Crippen LogP contribution in [0.1, 0.15) is 43.7 Å². The molecule has 1 amide bonds. The number of amides is 1. The highest BCUT2D eigenvalue weighted by molar-refractivity contribution is 7.10. The predicted molar refractivity (Wildman–Crippen MR) is 107 cm³/mol. The summed E-state index contributed by atoms with van der Waals surface area (Å²) in [4.78, 5) is 38.1. The first-order valence-corrected chi connectivity index (χ1v) is 10.1. The van der Waals surface area contributed by atoms with Gasteiger partial charge in [0.15, 0.2) is 5.82 Å². The minimum atomic E-state index is -0.357. The minimum absolute atomic E-state index is 0.00157. The first-order valence-electron chi connectivity index (χ1n) is 9.18. The van der Waals surface area contributed by atoms with Crippen molar-refractivity contribution in [1.82, 2.24) is 20.1 Å². The fourth-order valence-electron chi connectivity index (χ4n) is 3.50. The zero-order valence-electron chi connectivity index (χ0n) is 17.0. The van der Waals surface area contributed by atoms with E-state index in [4.69, 9.17) is 14.6 Å². The Bertz CT molecular complexity index is 862. The fourth-order valence-corrected chi connectivity index (χ4v) is 4.61. The molecule has 1 saturated carbocycles. The van der Waals surface area contributed by atoms with Crippen molar-refractivity contribution in [2.75, 3.05) is 13.7 Å². The van der Waals surface area contributed by atoms with Crippen molar-refractivity contribution in [3.05, 3.63) is 34.0 Å². The van der Waals surface area contributed by atoms with Crippen LogP contribution in [0.25, 0.3) is 0 Å². The lowest BCUT2D eigenvalue weighted by atomic mass is 9.93. The predicted octanol–water partition coefficient (Wildman–Crippen LogP) is 1.61. The molecule has 1 atom stereocenters. The van der Waals surface area contributed by atoms with Gasteiger partial charge in [-0.3, -0.25) is 14.4 Å². The molecule has 9 nitrogen and oxygen atoms in total.